The van der Waals surface area contributed by atoms with E-state index < -0.39 is 0 Å². The molecule has 0 atom stereocenters. The molecule has 0 bridgehead atoms. The van der Waals surface area contributed by atoms with Gasteiger partial charge in [-0.3, -0.25) is 9.36 Å². The molecule has 4 rings (SSSR count). The summed E-state index contributed by atoms with van der Waals surface area (Å²) >= 11 is 4.75. The molecule has 0 aliphatic carbocycles. The van der Waals surface area contributed by atoms with Gasteiger partial charge in [-0.25, -0.2) is 0 Å². The van der Waals surface area contributed by atoms with E-state index in [0.717, 1.165) is 27.2 Å². The molecule has 30 heavy (non-hydrogen) atoms. The maximum absolute atomic E-state index is 12.4. The Hall–Kier alpha value is -2.90. The van der Waals surface area contributed by atoms with Gasteiger partial charge in [0, 0.05) is 21.4 Å². The van der Waals surface area contributed by atoms with Crippen LogP contribution in [0.4, 0.5) is 5.69 Å². The summed E-state index contributed by atoms with van der Waals surface area (Å²) in [6.07, 6.45) is 0. The van der Waals surface area contributed by atoms with E-state index in [-0.39, 0.29) is 11.7 Å². The van der Waals surface area contributed by atoms with E-state index in [0.29, 0.717) is 5.16 Å². The molecule has 5 nitrogen and oxygen atoms in total. The van der Waals surface area contributed by atoms with Crippen molar-refractivity contribution < 1.29 is 4.79 Å². The van der Waals surface area contributed by atoms with Crippen molar-refractivity contribution in [2.45, 2.75) is 12.1 Å². The van der Waals surface area contributed by atoms with Crippen molar-refractivity contribution in [2.75, 3.05) is 11.1 Å². The third-order valence-electron chi connectivity index (χ3n) is 4.42. The molecular formula is C23H19BrN4OS. The number of nitrogens with zero attached hydrogens (tertiary/aromatic N) is 3. The van der Waals surface area contributed by atoms with Gasteiger partial charge in [0.05, 0.1) is 5.75 Å². The van der Waals surface area contributed by atoms with Crippen LogP contribution in [-0.4, -0.2) is 26.4 Å². The van der Waals surface area contributed by atoms with Crippen LogP contribution in [0.3, 0.4) is 0 Å². The van der Waals surface area contributed by atoms with E-state index in [9.17, 15) is 4.79 Å². The smallest absolute Gasteiger partial charge is 0.234 e. The molecule has 0 saturated heterocycles. The molecule has 1 N–H and O–H groups in total. The van der Waals surface area contributed by atoms with Crippen molar-refractivity contribution in [2.24, 2.45) is 0 Å². The molecule has 1 amide bonds. The van der Waals surface area contributed by atoms with E-state index in [1.54, 1.807) is 0 Å². The molecule has 150 valence electrons. The second-order valence-corrected chi connectivity index (χ2v) is 8.55. The van der Waals surface area contributed by atoms with Crippen molar-refractivity contribution in [3.05, 3.63) is 88.9 Å². The minimum absolute atomic E-state index is 0.0953. The van der Waals surface area contributed by atoms with Gasteiger partial charge in [0.1, 0.15) is 0 Å². The van der Waals surface area contributed by atoms with Gasteiger partial charge >= 0.3 is 0 Å². The van der Waals surface area contributed by atoms with Gasteiger partial charge in [-0.2, -0.15) is 0 Å². The Labute approximate surface area is 187 Å². The molecule has 1 aromatic heterocycles. The number of thioether (sulfide) groups is 1. The van der Waals surface area contributed by atoms with Crippen molar-refractivity contribution >= 4 is 39.3 Å². The average molecular weight is 479 g/mol. The Morgan fingerprint density at radius 2 is 1.67 bits per heavy atom. The van der Waals surface area contributed by atoms with Gasteiger partial charge in [-0.05, 0) is 43.3 Å². The highest BCUT2D eigenvalue weighted by Gasteiger charge is 2.17. The highest BCUT2D eigenvalue weighted by molar-refractivity contribution is 9.10. The van der Waals surface area contributed by atoms with Gasteiger partial charge in [-0.1, -0.05) is 75.7 Å². The van der Waals surface area contributed by atoms with Crippen LogP contribution in [0.15, 0.2) is 88.5 Å². The number of aromatic nitrogens is 3. The van der Waals surface area contributed by atoms with Crippen molar-refractivity contribution in [3.63, 3.8) is 0 Å². The number of aryl methyl sites for hydroxylation is 1. The Balaban J connectivity index is 1.58. The van der Waals surface area contributed by atoms with Gasteiger partial charge in [-0.15, -0.1) is 10.2 Å². The largest absolute Gasteiger partial charge is 0.325 e. The molecule has 0 radical (unpaired) electrons. The second-order valence-electron chi connectivity index (χ2n) is 6.69. The topological polar surface area (TPSA) is 59.8 Å². The number of anilines is 1. The molecule has 0 fully saturated rings. The first-order chi connectivity index (χ1) is 14.6. The van der Waals surface area contributed by atoms with E-state index in [4.69, 9.17) is 0 Å². The molecule has 0 saturated carbocycles. The van der Waals surface area contributed by atoms with Gasteiger partial charge in [0.15, 0.2) is 11.0 Å². The zero-order valence-corrected chi connectivity index (χ0v) is 18.7. The predicted octanol–water partition coefficient (Wildman–Crippen LogP) is 5.74. The zero-order valence-electron chi connectivity index (χ0n) is 16.2. The Morgan fingerprint density at radius 3 is 2.37 bits per heavy atom. The Bertz CT molecular complexity index is 1140. The summed E-state index contributed by atoms with van der Waals surface area (Å²) in [6, 6.07) is 25.6. The van der Waals surface area contributed by atoms with Gasteiger partial charge < -0.3 is 5.32 Å². The number of hydrogen-bond donors (Lipinski definition) is 1. The summed E-state index contributed by atoms with van der Waals surface area (Å²) < 4.78 is 2.96. The number of halogens is 1. The fraction of sp³-hybridized carbons (Fsp3) is 0.0870. The molecule has 0 unspecified atom stereocenters. The molecule has 7 heteroatoms. The number of hydrogen-bond acceptors (Lipinski definition) is 4. The minimum Gasteiger partial charge on any atom is -0.325 e. The summed E-state index contributed by atoms with van der Waals surface area (Å²) in [5.41, 5.74) is 3.86. The first-order valence-electron chi connectivity index (χ1n) is 9.36. The SMILES string of the molecule is Cc1ccc(-n2c(SCC(=O)Nc3ccc(Br)cc3)nnc2-c2ccccc2)cc1. The molecular weight excluding hydrogens is 460 g/mol. The predicted molar refractivity (Wildman–Crippen MR) is 125 cm³/mol. The summed E-state index contributed by atoms with van der Waals surface area (Å²) in [4.78, 5) is 12.4. The highest BCUT2D eigenvalue weighted by Crippen LogP contribution is 2.28. The molecule has 0 spiro atoms. The quantitative estimate of drug-likeness (QED) is 0.359. The average Bonchev–Trinajstić information content (AvgIpc) is 3.19. The van der Waals surface area contributed by atoms with E-state index >= 15 is 0 Å². The lowest BCUT2D eigenvalue weighted by Gasteiger charge is -2.11. The number of benzene rings is 3. The highest BCUT2D eigenvalue weighted by atomic mass is 79.9. The Kier molecular flexibility index (Phi) is 6.30. The lowest BCUT2D eigenvalue weighted by Crippen LogP contribution is -2.14. The van der Waals surface area contributed by atoms with Crippen molar-refractivity contribution in [1.29, 1.82) is 0 Å². The number of nitrogens with one attached hydrogen (secondary N) is 1. The van der Waals surface area contributed by atoms with Crippen molar-refractivity contribution in [1.82, 2.24) is 14.8 Å². The fourth-order valence-electron chi connectivity index (χ4n) is 2.92. The fourth-order valence-corrected chi connectivity index (χ4v) is 3.94. The zero-order chi connectivity index (χ0) is 20.9. The van der Waals surface area contributed by atoms with Crippen LogP contribution in [0.1, 0.15) is 5.56 Å². The van der Waals surface area contributed by atoms with E-state index in [2.05, 4.69) is 50.5 Å². The van der Waals surface area contributed by atoms with Crippen LogP contribution < -0.4 is 5.32 Å². The number of carbonyl (C=O) groups excluding carboxylic acids is 1. The van der Waals surface area contributed by atoms with E-state index in [1.165, 1.54) is 17.3 Å². The summed E-state index contributed by atoms with van der Waals surface area (Å²) in [7, 11) is 0. The first-order valence-corrected chi connectivity index (χ1v) is 11.1. The molecule has 0 aliphatic rings. The lowest BCUT2D eigenvalue weighted by molar-refractivity contribution is -0.113. The lowest BCUT2D eigenvalue weighted by atomic mass is 10.2. The van der Waals surface area contributed by atoms with E-state index in [1.807, 2.05) is 71.3 Å². The number of rotatable bonds is 6. The maximum atomic E-state index is 12.4. The summed E-state index contributed by atoms with van der Waals surface area (Å²) in [5.74, 6) is 0.881. The monoisotopic (exact) mass is 478 g/mol. The standard InChI is InChI=1S/C23H19BrN4OS/c1-16-7-13-20(14-8-16)28-22(17-5-3-2-4-6-17)26-27-23(28)30-15-21(29)25-19-11-9-18(24)10-12-19/h2-14H,15H2,1H3,(H,25,29). The van der Waals surface area contributed by atoms with Gasteiger partial charge in [0.2, 0.25) is 5.91 Å². The number of carbonyl (C=O) groups is 1. The first kappa shape index (κ1) is 20.4. The normalized spacial score (nSPS) is 10.7. The maximum Gasteiger partial charge on any atom is 0.234 e. The number of amides is 1. The van der Waals surface area contributed by atoms with Crippen molar-refractivity contribution in [3.8, 4) is 17.1 Å². The third-order valence-corrected chi connectivity index (χ3v) is 5.88. The van der Waals surface area contributed by atoms with Crippen LogP contribution in [0.2, 0.25) is 0 Å². The summed E-state index contributed by atoms with van der Waals surface area (Å²) in [5, 5.41) is 12.4. The van der Waals surface area contributed by atoms with Crippen LogP contribution in [0, 0.1) is 6.92 Å². The minimum atomic E-state index is -0.0953. The molecule has 3 aromatic carbocycles. The molecule has 1 heterocycles. The third kappa shape index (κ3) is 4.80. The molecule has 4 aromatic rings. The Morgan fingerprint density at radius 1 is 0.967 bits per heavy atom. The van der Waals surface area contributed by atoms with Crippen LogP contribution >= 0.6 is 27.7 Å². The second kappa shape index (κ2) is 9.28. The van der Waals surface area contributed by atoms with Crippen LogP contribution in [-0.2, 0) is 4.79 Å². The van der Waals surface area contributed by atoms with Gasteiger partial charge in [0.25, 0.3) is 0 Å². The van der Waals surface area contributed by atoms with Crippen LogP contribution in [0.25, 0.3) is 17.1 Å². The molecule has 0 aliphatic heterocycles. The van der Waals surface area contributed by atoms with Crippen LogP contribution in [0.5, 0.6) is 0 Å². The summed E-state index contributed by atoms with van der Waals surface area (Å²) in [6.45, 7) is 2.05.